The van der Waals surface area contributed by atoms with E-state index in [0.29, 0.717) is 6.04 Å². The Kier molecular flexibility index (Phi) is 4.56. The highest BCUT2D eigenvalue weighted by Crippen LogP contribution is 2.18. The van der Waals surface area contributed by atoms with Crippen molar-refractivity contribution in [3.63, 3.8) is 0 Å². The minimum Gasteiger partial charge on any atom is -0.311 e. The molecule has 1 aromatic carbocycles. The average molecular weight is 373 g/mol. The van der Waals surface area contributed by atoms with E-state index in [-0.39, 0.29) is 0 Å². The fraction of sp³-hybridized carbons (Fsp3) is 0.385. The number of halogens is 2. The second-order valence-electron chi connectivity index (χ2n) is 4.43. The Balaban J connectivity index is 2.28. The maximum Gasteiger partial charge on any atom is 0.143 e. The van der Waals surface area contributed by atoms with E-state index < -0.39 is 0 Å². The second-order valence-corrected chi connectivity index (χ2v) is 5.91. The second kappa shape index (κ2) is 5.97. The highest BCUT2D eigenvalue weighted by molar-refractivity contribution is 9.10. The topological polar surface area (TPSA) is 30.7 Å². The molecule has 0 saturated carbocycles. The van der Waals surface area contributed by atoms with Crippen molar-refractivity contribution in [3.05, 3.63) is 46.0 Å². The molecule has 0 aliphatic carbocycles. The summed E-state index contributed by atoms with van der Waals surface area (Å²) >= 11 is 6.90. The number of hydrogen-bond acceptors (Lipinski definition) is 2. The van der Waals surface area contributed by atoms with Crippen molar-refractivity contribution in [1.29, 1.82) is 0 Å². The Morgan fingerprint density at radius 2 is 1.72 bits per heavy atom. The summed E-state index contributed by atoms with van der Waals surface area (Å²) in [6, 6.07) is 8.69. The van der Waals surface area contributed by atoms with Gasteiger partial charge in [-0.1, -0.05) is 44.0 Å². The van der Waals surface area contributed by atoms with Crippen LogP contribution >= 0.6 is 31.9 Å². The van der Waals surface area contributed by atoms with Gasteiger partial charge in [0.05, 0.1) is 5.33 Å². The van der Waals surface area contributed by atoms with Crippen molar-refractivity contribution in [2.45, 2.75) is 31.6 Å². The summed E-state index contributed by atoms with van der Waals surface area (Å²) in [5, 5.41) is 9.26. The van der Waals surface area contributed by atoms with Crippen LogP contribution < -0.4 is 0 Å². The van der Waals surface area contributed by atoms with Crippen molar-refractivity contribution < 1.29 is 0 Å². The van der Waals surface area contributed by atoms with Crippen molar-refractivity contribution in [1.82, 2.24) is 14.8 Å². The maximum atomic E-state index is 4.30. The fourth-order valence-corrected chi connectivity index (χ4v) is 2.60. The Bertz CT molecular complexity index is 518. The van der Waals surface area contributed by atoms with E-state index in [0.717, 1.165) is 27.9 Å². The summed E-state index contributed by atoms with van der Waals surface area (Å²) in [5.74, 6) is 2.00. The monoisotopic (exact) mass is 371 g/mol. The molecule has 1 aromatic heterocycles. The molecule has 0 fully saturated rings. The molecule has 0 bridgehead atoms. The van der Waals surface area contributed by atoms with Gasteiger partial charge in [-0.05, 0) is 31.5 Å². The Morgan fingerprint density at radius 1 is 1.11 bits per heavy atom. The van der Waals surface area contributed by atoms with Crippen LogP contribution in [-0.4, -0.2) is 14.8 Å². The molecule has 0 amide bonds. The van der Waals surface area contributed by atoms with Crippen LogP contribution in [0.3, 0.4) is 0 Å². The summed E-state index contributed by atoms with van der Waals surface area (Å²) in [6.45, 7) is 4.31. The lowest BCUT2D eigenvalue weighted by Gasteiger charge is -2.13. The minimum absolute atomic E-state index is 0.373. The SMILES string of the molecule is CC(C)n1c(CBr)nnc1Cc1ccc(Br)cc1. The fourth-order valence-electron chi connectivity index (χ4n) is 1.95. The van der Waals surface area contributed by atoms with Gasteiger partial charge >= 0.3 is 0 Å². The Labute approximate surface area is 124 Å². The number of rotatable bonds is 4. The first kappa shape index (κ1) is 13.7. The van der Waals surface area contributed by atoms with E-state index >= 15 is 0 Å². The predicted octanol–water partition coefficient (Wildman–Crippen LogP) is 4.11. The smallest absolute Gasteiger partial charge is 0.143 e. The number of nitrogens with zero attached hydrogens (tertiary/aromatic N) is 3. The number of alkyl halides is 1. The van der Waals surface area contributed by atoms with E-state index in [1.54, 1.807) is 0 Å². The van der Waals surface area contributed by atoms with Gasteiger partial charge in [0.1, 0.15) is 11.6 Å². The van der Waals surface area contributed by atoms with Crippen LogP contribution in [0, 0.1) is 0 Å². The first-order valence-corrected chi connectivity index (χ1v) is 7.76. The lowest BCUT2D eigenvalue weighted by atomic mass is 10.1. The maximum absolute atomic E-state index is 4.30. The summed E-state index contributed by atoms with van der Waals surface area (Å²) in [4.78, 5) is 0. The van der Waals surface area contributed by atoms with Crippen molar-refractivity contribution in [2.24, 2.45) is 0 Å². The van der Waals surface area contributed by atoms with Crippen LogP contribution in [0.2, 0.25) is 0 Å². The van der Waals surface area contributed by atoms with Crippen molar-refractivity contribution >= 4 is 31.9 Å². The molecule has 0 radical (unpaired) electrons. The average Bonchev–Trinajstić information content (AvgIpc) is 2.75. The molecule has 0 aliphatic heterocycles. The van der Waals surface area contributed by atoms with Gasteiger partial charge in [0.25, 0.3) is 0 Å². The van der Waals surface area contributed by atoms with Gasteiger partial charge in [-0.25, -0.2) is 0 Å². The molecule has 0 saturated heterocycles. The highest BCUT2D eigenvalue weighted by Gasteiger charge is 2.13. The highest BCUT2D eigenvalue weighted by atomic mass is 79.9. The van der Waals surface area contributed by atoms with Crippen LogP contribution in [0.1, 0.15) is 37.1 Å². The zero-order chi connectivity index (χ0) is 13.1. The molecule has 0 spiro atoms. The minimum atomic E-state index is 0.373. The van der Waals surface area contributed by atoms with Crippen molar-refractivity contribution in [3.8, 4) is 0 Å². The molecule has 5 heteroatoms. The molecular formula is C13H15Br2N3. The standard InChI is InChI=1S/C13H15Br2N3/c1-9(2)18-12(16-17-13(18)8-14)7-10-3-5-11(15)6-4-10/h3-6,9H,7-8H2,1-2H3. The van der Waals surface area contributed by atoms with E-state index in [2.05, 4.69) is 84.7 Å². The van der Waals surface area contributed by atoms with Gasteiger partial charge in [0.2, 0.25) is 0 Å². The number of benzene rings is 1. The van der Waals surface area contributed by atoms with E-state index in [1.165, 1.54) is 5.56 Å². The molecule has 96 valence electrons. The summed E-state index contributed by atoms with van der Waals surface area (Å²) < 4.78 is 3.29. The molecular weight excluding hydrogens is 358 g/mol. The van der Waals surface area contributed by atoms with Gasteiger partial charge in [-0.2, -0.15) is 0 Å². The molecule has 0 unspecified atom stereocenters. The van der Waals surface area contributed by atoms with Gasteiger partial charge < -0.3 is 4.57 Å². The molecule has 0 N–H and O–H groups in total. The van der Waals surface area contributed by atoms with Crippen LogP contribution in [0.4, 0.5) is 0 Å². The lowest BCUT2D eigenvalue weighted by Crippen LogP contribution is -2.09. The quantitative estimate of drug-likeness (QED) is 0.756. The molecule has 0 aliphatic rings. The summed E-state index contributed by atoms with van der Waals surface area (Å²) in [5.41, 5.74) is 1.24. The Morgan fingerprint density at radius 3 is 2.28 bits per heavy atom. The van der Waals surface area contributed by atoms with Crippen LogP contribution in [0.15, 0.2) is 28.7 Å². The predicted molar refractivity (Wildman–Crippen MR) is 80.0 cm³/mol. The van der Waals surface area contributed by atoms with Gasteiger partial charge in [-0.3, -0.25) is 0 Å². The zero-order valence-corrected chi connectivity index (χ0v) is 13.6. The summed E-state index contributed by atoms with van der Waals surface area (Å²) in [7, 11) is 0. The third kappa shape index (κ3) is 3.01. The van der Waals surface area contributed by atoms with Crippen LogP contribution in [0.25, 0.3) is 0 Å². The number of hydrogen-bond donors (Lipinski definition) is 0. The lowest BCUT2D eigenvalue weighted by molar-refractivity contribution is 0.558. The van der Waals surface area contributed by atoms with Gasteiger partial charge in [0, 0.05) is 16.9 Å². The van der Waals surface area contributed by atoms with E-state index in [1.807, 2.05) is 0 Å². The third-order valence-electron chi connectivity index (χ3n) is 2.75. The van der Waals surface area contributed by atoms with Gasteiger partial charge in [-0.15, -0.1) is 10.2 Å². The van der Waals surface area contributed by atoms with Gasteiger partial charge in [0.15, 0.2) is 0 Å². The van der Waals surface area contributed by atoms with E-state index in [9.17, 15) is 0 Å². The zero-order valence-electron chi connectivity index (χ0n) is 10.4. The molecule has 0 atom stereocenters. The van der Waals surface area contributed by atoms with Crippen molar-refractivity contribution in [2.75, 3.05) is 0 Å². The molecule has 3 nitrogen and oxygen atoms in total. The van der Waals surface area contributed by atoms with Crippen LogP contribution in [0.5, 0.6) is 0 Å². The summed E-state index contributed by atoms with van der Waals surface area (Å²) in [6.07, 6.45) is 0.811. The molecule has 2 aromatic rings. The first-order valence-electron chi connectivity index (χ1n) is 5.85. The molecule has 18 heavy (non-hydrogen) atoms. The van der Waals surface area contributed by atoms with E-state index in [4.69, 9.17) is 0 Å². The normalized spacial score (nSPS) is 11.2. The molecule has 2 rings (SSSR count). The third-order valence-corrected chi connectivity index (χ3v) is 3.78. The largest absolute Gasteiger partial charge is 0.311 e. The number of aromatic nitrogens is 3. The first-order chi connectivity index (χ1) is 8.61. The van der Waals surface area contributed by atoms with Crippen LogP contribution in [-0.2, 0) is 11.8 Å². The molecule has 1 heterocycles. The Hall–Kier alpha value is -0.680.